The maximum atomic E-state index is 11.7. The largest absolute Gasteiger partial charge is 0.366 e. The average Bonchev–Trinajstić information content (AvgIpc) is 2.53. The van der Waals surface area contributed by atoms with Crippen LogP contribution in [-0.2, 0) is 24.0 Å². The third-order valence-electron chi connectivity index (χ3n) is 2.58. The van der Waals surface area contributed by atoms with Gasteiger partial charge in [-0.3, -0.25) is 19.3 Å². The lowest BCUT2D eigenvalue weighted by molar-refractivity contribution is -0.144. The second kappa shape index (κ2) is 16.0. The Kier molecular flexibility index (Phi) is 16.0. The Balaban J connectivity index is 0. The van der Waals surface area contributed by atoms with Crippen LogP contribution in [0.25, 0.3) is 0 Å². The standard InChI is InChI=1S/C12H20N2O4.C3H5NO/c13-7-8-14(11(17)5-1-3-9-15)12(18)6-2-4-10-16;1-2-3(4)5/h9-10H,1-8,13H2;2H,1H2,(H2,4,5). The molecule has 4 N–H and O–H groups in total. The number of imide groups is 1. The third kappa shape index (κ3) is 14.4. The molecule has 0 heterocycles. The zero-order chi connectivity index (χ0) is 18.1. The molecular weight excluding hydrogens is 302 g/mol. The van der Waals surface area contributed by atoms with Gasteiger partial charge in [-0.25, -0.2) is 0 Å². The van der Waals surface area contributed by atoms with Crippen LogP contribution in [0.1, 0.15) is 38.5 Å². The minimum absolute atomic E-state index is 0.165. The highest BCUT2D eigenvalue weighted by molar-refractivity contribution is 5.95. The molecule has 0 aromatic heterocycles. The topological polar surface area (TPSA) is 141 Å². The number of hydrogen-bond acceptors (Lipinski definition) is 6. The first kappa shape index (κ1) is 22.9. The molecule has 0 aromatic rings. The van der Waals surface area contributed by atoms with Gasteiger partial charge in [-0.05, 0) is 18.9 Å². The van der Waals surface area contributed by atoms with E-state index in [1.165, 1.54) is 0 Å². The number of carbonyl (C=O) groups excluding carboxylic acids is 5. The molecule has 8 heteroatoms. The Morgan fingerprint density at radius 3 is 1.61 bits per heavy atom. The number of aldehydes is 2. The molecule has 0 saturated heterocycles. The van der Waals surface area contributed by atoms with Crippen molar-refractivity contribution in [1.82, 2.24) is 4.90 Å². The van der Waals surface area contributed by atoms with Gasteiger partial charge < -0.3 is 21.1 Å². The van der Waals surface area contributed by atoms with Gasteiger partial charge in [0.05, 0.1) is 0 Å². The first-order valence-electron chi connectivity index (χ1n) is 7.26. The highest BCUT2D eigenvalue weighted by Crippen LogP contribution is 2.05. The van der Waals surface area contributed by atoms with Crippen molar-refractivity contribution in [3.05, 3.63) is 12.7 Å². The first-order valence-corrected chi connectivity index (χ1v) is 7.26. The quantitative estimate of drug-likeness (QED) is 0.303. The third-order valence-corrected chi connectivity index (χ3v) is 2.58. The number of nitrogens with two attached hydrogens (primary N) is 2. The van der Waals surface area contributed by atoms with Crippen molar-refractivity contribution in [2.24, 2.45) is 11.5 Å². The number of unbranched alkanes of at least 4 members (excludes halogenated alkanes) is 2. The van der Waals surface area contributed by atoms with Crippen molar-refractivity contribution in [1.29, 1.82) is 0 Å². The van der Waals surface area contributed by atoms with Crippen LogP contribution >= 0.6 is 0 Å². The molecular formula is C15H25N3O5. The predicted molar refractivity (Wildman–Crippen MR) is 85.0 cm³/mol. The first-order chi connectivity index (χ1) is 10.9. The van der Waals surface area contributed by atoms with Crippen molar-refractivity contribution < 1.29 is 24.0 Å². The summed E-state index contributed by atoms with van der Waals surface area (Å²) in [7, 11) is 0. The molecule has 0 saturated carbocycles. The van der Waals surface area contributed by atoms with E-state index < -0.39 is 5.91 Å². The van der Waals surface area contributed by atoms with E-state index >= 15 is 0 Å². The normalized spacial score (nSPS) is 9.09. The highest BCUT2D eigenvalue weighted by Gasteiger charge is 2.19. The van der Waals surface area contributed by atoms with E-state index in [1.54, 1.807) is 0 Å². The van der Waals surface area contributed by atoms with Crippen molar-refractivity contribution in [3.8, 4) is 0 Å². The zero-order valence-electron chi connectivity index (χ0n) is 13.2. The summed E-state index contributed by atoms with van der Waals surface area (Å²) < 4.78 is 0. The number of amides is 3. The predicted octanol–water partition coefficient (Wildman–Crippen LogP) is -0.304. The smallest absolute Gasteiger partial charge is 0.240 e. The maximum Gasteiger partial charge on any atom is 0.240 e. The van der Waals surface area contributed by atoms with Crippen molar-refractivity contribution in [2.75, 3.05) is 13.1 Å². The molecule has 0 atom stereocenters. The summed E-state index contributed by atoms with van der Waals surface area (Å²) in [6, 6.07) is 0. The van der Waals surface area contributed by atoms with Crippen LogP contribution in [0.5, 0.6) is 0 Å². The van der Waals surface area contributed by atoms with Crippen LogP contribution in [0, 0.1) is 0 Å². The second-order valence-electron chi connectivity index (χ2n) is 4.45. The molecule has 0 aromatic carbocycles. The number of primary amides is 1. The molecule has 0 aliphatic carbocycles. The van der Waals surface area contributed by atoms with E-state index in [9.17, 15) is 24.0 Å². The maximum absolute atomic E-state index is 11.7. The summed E-state index contributed by atoms with van der Waals surface area (Å²) in [4.78, 5) is 54.4. The molecule has 0 rings (SSSR count). The minimum Gasteiger partial charge on any atom is -0.366 e. The van der Waals surface area contributed by atoms with Gasteiger partial charge in [0, 0.05) is 38.8 Å². The lowest BCUT2D eigenvalue weighted by atomic mass is 10.2. The fourth-order valence-corrected chi connectivity index (χ4v) is 1.46. The second-order valence-corrected chi connectivity index (χ2v) is 4.45. The number of carbonyl (C=O) groups is 5. The van der Waals surface area contributed by atoms with Gasteiger partial charge in [0.25, 0.3) is 0 Å². The average molecular weight is 327 g/mol. The summed E-state index contributed by atoms with van der Waals surface area (Å²) in [5.41, 5.74) is 9.89. The van der Waals surface area contributed by atoms with Gasteiger partial charge in [-0.15, -0.1) is 0 Å². The van der Waals surface area contributed by atoms with Crippen LogP contribution in [-0.4, -0.2) is 48.3 Å². The minimum atomic E-state index is -0.481. The van der Waals surface area contributed by atoms with Gasteiger partial charge in [-0.2, -0.15) is 0 Å². The summed E-state index contributed by atoms with van der Waals surface area (Å²) in [5, 5.41) is 0. The molecule has 8 nitrogen and oxygen atoms in total. The van der Waals surface area contributed by atoms with Gasteiger partial charge in [-0.1, -0.05) is 6.58 Å². The van der Waals surface area contributed by atoms with Crippen LogP contribution in [0.3, 0.4) is 0 Å². The van der Waals surface area contributed by atoms with Gasteiger partial charge >= 0.3 is 0 Å². The summed E-state index contributed by atoms with van der Waals surface area (Å²) in [5.74, 6) is -1.10. The number of hydrogen-bond donors (Lipinski definition) is 2. The number of rotatable bonds is 11. The Morgan fingerprint density at radius 1 is 0.957 bits per heavy atom. The van der Waals surface area contributed by atoms with Crippen molar-refractivity contribution >= 4 is 30.3 Å². The van der Waals surface area contributed by atoms with E-state index in [-0.39, 0.29) is 37.7 Å². The Hall–Kier alpha value is -2.35. The fraction of sp³-hybridized carbons (Fsp3) is 0.533. The Labute approximate surface area is 135 Å². The molecule has 3 amide bonds. The Bertz CT molecular complexity index is 384. The van der Waals surface area contributed by atoms with E-state index in [0.717, 1.165) is 23.5 Å². The van der Waals surface area contributed by atoms with Crippen molar-refractivity contribution in [2.45, 2.75) is 38.5 Å². The summed E-state index contributed by atoms with van der Waals surface area (Å²) in [6.07, 6.45) is 4.36. The lowest BCUT2D eigenvalue weighted by Gasteiger charge is -2.19. The summed E-state index contributed by atoms with van der Waals surface area (Å²) in [6.45, 7) is 3.47. The van der Waals surface area contributed by atoms with Gasteiger partial charge in [0.1, 0.15) is 12.6 Å². The molecule has 0 unspecified atom stereocenters. The van der Waals surface area contributed by atoms with Gasteiger partial charge in [0.15, 0.2) is 0 Å². The monoisotopic (exact) mass is 327 g/mol. The highest BCUT2D eigenvalue weighted by atomic mass is 16.2. The zero-order valence-corrected chi connectivity index (χ0v) is 13.2. The van der Waals surface area contributed by atoms with Crippen LogP contribution in [0.4, 0.5) is 0 Å². The molecule has 0 radical (unpaired) electrons. The number of nitrogens with zero attached hydrogens (tertiary/aromatic N) is 1. The molecule has 0 aliphatic heterocycles. The lowest BCUT2D eigenvalue weighted by Crippen LogP contribution is -2.40. The molecule has 130 valence electrons. The fourth-order valence-electron chi connectivity index (χ4n) is 1.46. The molecule has 0 fully saturated rings. The molecule has 0 bridgehead atoms. The molecule has 0 aliphatic rings. The van der Waals surface area contributed by atoms with E-state index in [2.05, 4.69) is 12.3 Å². The van der Waals surface area contributed by atoms with Gasteiger partial charge in [0.2, 0.25) is 17.7 Å². The van der Waals surface area contributed by atoms with Crippen LogP contribution in [0.2, 0.25) is 0 Å². The van der Waals surface area contributed by atoms with Crippen LogP contribution < -0.4 is 11.5 Å². The SMILES string of the molecule is C=CC(N)=O.NCCN(C(=O)CCCC=O)C(=O)CCCC=O. The molecule has 23 heavy (non-hydrogen) atoms. The van der Waals surface area contributed by atoms with E-state index in [1.807, 2.05) is 0 Å². The van der Waals surface area contributed by atoms with Crippen molar-refractivity contribution in [3.63, 3.8) is 0 Å². The Morgan fingerprint density at radius 2 is 1.35 bits per heavy atom. The van der Waals surface area contributed by atoms with Crippen LogP contribution in [0.15, 0.2) is 12.7 Å². The van der Waals surface area contributed by atoms with E-state index in [0.29, 0.717) is 25.7 Å². The van der Waals surface area contributed by atoms with E-state index in [4.69, 9.17) is 5.73 Å². The summed E-state index contributed by atoms with van der Waals surface area (Å²) >= 11 is 0. The molecule has 0 spiro atoms.